The summed E-state index contributed by atoms with van der Waals surface area (Å²) in [6, 6.07) is 1.69. The molecule has 0 amide bonds. The molecule has 2 heterocycles. The fourth-order valence-electron chi connectivity index (χ4n) is 1.33. The Hall–Kier alpha value is -1.04. The zero-order chi connectivity index (χ0) is 13.7. The van der Waals surface area contributed by atoms with Gasteiger partial charge in [0.05, 0.1) is 16.2 Å². The van der Waals surface area contributed by atoms with Crippen LogP contribution in [0.4, 0.5) is 5.82 Å². The van der Waals surface area contributed by atoms with E-state index in [1.807, 2.05) is 0 Å². The number of pyridine rings is 1. The van der Waals surface area contributed by atoms with Crippen molar-refractivity contribution < 1.29 is 0 Å². The van der Waals surface area contributed by atoms with E-state index in [9.17, 15) is 0 Å². The summed E-state index contributed by atoms with van der Waals surface area (Å²) in [4.78, 5) is 12.6. The molecule has 0 bridgehead atoms. The zero-order valence-corrected chi connectivity index (χ0v) is 12.6. The van der Waals surface area contributed by atoms with E-state index < -0.39 is 0 Å². The number of hydrogen-bond donors (Lipinski definition) is 1. The molecular weight excluding hydrogens is 303 g/mol. The molecule has 2 aromatic heterocycles. The molecule has 2 rings (SSSR count). The quantitative estimate of drug-likeness (QED) is 0.898. The van der Waals surface area contributed by atoms with Crippen molar-refractivity contribution in [3.05, 3.63) is 34.7 Å². The second kappa shape index (κ2) is 6.93. The molecule has 0 aromatic carbocycles. The highest BCUT2D eigenvalue weighted by atomic mass is 35.5. The first-order chi connectivity index (χ1) is 9.20. The lowest BCUT2D eigenvalue weighted by molar-refractivity contribution is 0.958. The molecule has 0 aliphatic rings. The number of anilines is 1. The normalized spacial score (nSPS) is 10.5. The van der Waals surface area contributed by atoms with E-state index in [2.05, 4.69) is 27.2 Å². The summed E-state index contributed by atoms with van der Waals surface area (Å²) in [7, 11) is 0. The Labute approximate surface area is 126 Å². The molecule has 0 radical (unpaired) electrons. The maximum atomic E-state index is 6.14. The van der Waals surface area contributed by atoms with Crippen LogP contribution in [-0.4, -0.2) is 21.5 Å². The Morgan fingerprint density at radius 3 is 2.79 bits per heavy atom. The number of halogens is 2. The van der Waals surface area contributed by atoms with E-state index in [4.69, 9.17) is 23.2 Å². The molecule has 0 aliphatic heterocycles. The summed E-state index contributed by atoms with van der Waals surface area (Å²) in [5, 5.41) is 5.58. The Morgan fingerprint density at radius 2 is 2.11 bits per heavy atom. The number of nitrogens with zero attached hydrogens (tertiary/aromatic N) is 3. The van der Waals surface area contributed by atoms with Crippen molar-refractivity contribution in [3.8, 4) is 0 Å². The molecule has 0 saturated heterocycles. The molecule has 0 spiro atoms. The topological polar surface area (TPSA) is 50.7 Å². The summed E-state index contributed by atoms with van der Waals surface area (Å²) in [5.74, 6) is 0.638. The van der Waals surface area contributed by atoms with Crippen molar-refractivity contribution in [2.75, 3.05) is 11.9 Å². The van der Waals surface area contributed by atoms with Gasteiger partial charge >= 0.3 is 0 Å². The molecular formula is C12H12Cl2N4S. The fourth-order valence-corrected chi connectivity index (χ4v) is 2.59. The largest absolute Gasteiger partial charge is 0.369 e. The van der Waals surface area contributed by atoms with Crippen molar-refractivity contribution in [2.45, 2.75) is 23.4 Å². The van der Waals surface area contributed by atoms with Crippen LogP contribution in [0.2, 0.25) is 10.0 Å². The highest BCUT2D eigenvalue weighted by Crippen LogP contribution is 2.34. The Balaban J connectivity index is 2.24. The lowest BCUT2D eigenvalue weighted by atomic mass is 10.4. The van der Waals surface area contributed by atoms with E-state index in [1.165, 1.54) is 11.8 Å². The Kier molecular flexibility index (Phi) is 5.24. The van der Waals surface area contributed by atoms with Crippen LogP contribution in [0.1, 0.15) is 13.3 Å². The van der Waals surface area contributed by atoms with Crippen molar-refractivity contribution in [3.63, 3.8) is 0 Å². The summed E-state index contributed by atoms with van der Waals surface area (Å²) in [6.07, 6.45) is 5.90. The highest BCUT2D eigenvalue weighted by molar-refractivity contribution is 7.99. The minimum absolute atomic E-state index is 0.503. The summed E-state index contributed by atoms with van der Waals surface area (Å²) >= 11 is 13.6. The van der Waals surface area contributed by atoms with Crippen LogP contribution in [0.25, 0.3) is 0 Å². The van der Waals surface area contributed by atoms with Gasteiger partial charge in [0.25, 0.3) is 0 Å². The van der Waals surface area contributed by atoms with Gasteiger partial charge in [0.2, 0.25) is 0 Å². The fraction of sp³-hybridized carbons (Fsp3) is 0.250. The van der Waals surface area contributed by atoms with Gasteiger partial charge in [-0.2, -0.15) is 0 Å². The van der Waals surface area contributed by atoms with Gasteiger partial charge in [0, 0.05) is 18.9 Å². The van der Waals surface area contributed by atoms with E-state index in [0.29, 0.717) is 20.9 Å². The summed E-state index contributed by atoms with van der Waals surface area (Å²) < 4.78 is 0. The van der Waals surface area contributed by atoms with Crippen molar-refractivity contribution >= 4 is 40.8 Å². The number of rotatable bonds is 5. The average molecular weight is 315 g/mol. The molecule has 19 heavy (non-hydrogen) atoms. The van der Waals surface area contributed by atoms with Crippen molar-refractivity contribution in [1.29, 1.82) is 0 Å². The van der Waals surface area contributed by atoms with Gasteiger partial charge in [-0.05, 0) is 24.2 Å². The van der Waals surface area contributed by atoms with E-state index in [0.717, 1.165) is 18.0 Å². The number of hydrogen-bond acceptors (Lipinski definition) is 5. The second-order valence-corrected chi connectivity index (χ2v) is 5.50. The molecule has 7 heteroatoms. The summed E-state index contributed by atoms with van der Waals surface area (Å²) in [5.41, 5.74) is 0. The molecule has 0 fully saturated rings. The minimum Gasteiger partial charge on any atom is -0.369 e. The molecule has 0 aliphatic carbocycles. The lowest BCUT2D eigenvalue weighted by Gasteiger charge is -2.09. The van der Waals surface area contributed by atoms with Gasteiger partial charge in [-0.1, -0.05) is 30.1 Å². The third kappa shape index (κ3) is 3.96. The Bertz CT molecular complexity index is 551. The first kappa shape index (κ1) is 14.4. The predicted octanol–water partition coefficient (Wildman–Crippen LogP) is 4.15. The van der Waals surface area contributed by atoms with Gasteiger partial charge in [-0.15, -0.1) is 0 Å². The number of aromatic nitrogens is 3. The second-order valence-electron chi connectivity index (χ2n) is 3.68. The van der Waals surface area contributed by atoms with E-state index >= 15 is 0 Å². The van der Waals surface area contributed by atoms with Crippen LogP contribution in [-0.2, 0) is 0 Å². The van der Waals surface area contributed by atoms with E-state index in [-0.39, 0.29) is 0 Å². The third-order valence-electron chi connectivity index (χ3n) is 2.18. The molecule has 0 atom stereocenters. The van der Waals surface area contributed by atoms with Gasteiger partial charge in [0.1, 0.15) is 15.9 Å². The smallest absolute Gasteiger partial charge is 0.146 e. The number of nitrogens with one attached hydrogen (secondary N) is 1. The average Bonchev–Trinajstić information content (AvgIpc) is 2.42. The molecule has 0 unspecified atom stereocenters. The van der Waals surface area contributed by atoms with Gasteiger partial charge in [-0.3, -0.25) is 4.98 Å². The molecule has 4 nitrogen and oxygen atoms in total. The third-order valence-corrected chi connectivity index (χ3v) is 3.79. The van der Waals surface area contributed by atoms with Crippen molar-refractivity contribution in [1.82, 2.24) is 15.0 Å². The minimum atomic E-state index is 0.503. The van der Waals surface area contributed by atoms with Gasteiger partial charge in [0.15, 0.2) is 0 Å². The molecule has 100 valence electrons. The van der Waals surface area contributed by atoms with Crippen LogP contribution >= 0.6 is 35.0 Å². The van der Waals surface area contributed by atoms with Crippen molar-refractivity contribution in [2.24, 2.45) is 0 Å². The molecule has 2 aromatic rings. The standard InChI is InChI=1S/C12H12Cl2N4S/c1-2-3-17-11-8(13)6-9(14)12(18-11)19-10-7-15-4-5-16-10/h4-7H,2-3H2,1H3,(H,17,18). The van der Waals surface area contributed by atoms with Crippen LogP contribution < -0.4 is 5.32 Å². The first-order valence-corrected chi connectivity index (χ1v) is 7.31. The van der Waals surface area contributed by atoms with Crippen LogP contribution in [0.15, 0.2) is 34.7 Å². The van der Waals surface area contributed by atoms with Crippen LogP contribution in [0.5, 0.6) is 0 Å². The van der Waals surface area contributed by atoms with E-state index in [1.54, 1.807) is 24.7 Å². The predicted molar refractivity (Wildman–Crippen MR) is 79.2 cm³/mol. The highest BCUT2D eigenvalue weighted by Gasteiger charge is 2.11. The lowest BCUT2D eigenvalue weighted by Crippen LogP contribution is -2.03. The summed E-state index contributed by atoms with van der Waals surface area (Å²) in [6.45, 7) is 2.88. The van der Waals surface area contributed by atoms with Gasteiger partial charge < -0.3 is 5.32 Å². The first-order valence-electron chi connectivity index (χ1n) is 5.74. The van der Waals surface area contributed by atoms with Crippen LogP contribution in [0, 0.1) is 0 Å². The maximum Gasteiger partial charge on any atom is 0.146 e. The monoisotopic (exact) mass is 314 g/mol. The molecule has 1 N–H and O–H groups in total. The Morgan fingerprint density at radius 1 is 1.26 bits per heavy atom. The maximum absolute atomic E-state index is 6.14. The molecule has 0 saturated carbocycles. The zero-order valence-electron chi connectivity index (χ0n) is 10.2. The SMILES string of the molecule is CCCNc1nc(Sc2cnccn2)c(Cl)cc1Cl. The van der Waals surface area contributed by atoms with Gasteiger partial charge in [-0.25, -0.2) is 9.97 Å². The van der Waals surface area contributed by atoms with Crippen LogP contribution in [0.3, 0.4) is 0 Å².